The van der Waals surface area contributed by atoms with E-state index < -0.39 is 0 Å². The van der Waals surface area contributed by atoms with Gasteiger partial charge in [0.05, 0.1) is 22.1 Å². The number of pyridine rings is 1. The minimum Gasteiger partial charge on any atom is -1.00 e. The van der Waals surface area contributed by atoms with Crippen LogP contribution in [0.15, 0.2) is 66.7 Å². The number of aromatic nitrogens is 5. The Kier molecular flexibility index (Phi) is 32.4. The summed E-state index contributed by atoms with van der Waals surface area (Å²) in [4.78, 5) is 15.7. The Hall–Kier alpha value is -2.31. The molecule has 3 heterocycles. The van der Waals surface area contributed by atoms with E-state index in [1.54, 1.807) is 0 Å². The van der Waals surface area contributed by atoms with Crippen molar-refractivity contribution in [3.63, 3.8) is 0 Å². The summed E-state index contributed by atoms with van der Waals surface area (Å²) in [6.07, 6.45) is 44.3. The molecule has 3 aromatic heterocycles. The second kappa shape index (κ2) is 35.9. The summed E-state index contributed by atoms with van der Waals surface area (Å²) in [6, 6.07) is 23.6. The van der Waals surface area contributed by atoms with Crippen molar-refractivity contribution in [2.75, 3.05) is 0 Å². The first kappa shape index (κ1) is 56.8. The molecule has 5 rings (SSSR count). The summed E-state index contributed by atoms with van der Waals surface area (Å²) in [7, 11) is 0. The summed E-state index contributed by atoms with van der Waals surface area (Å²) >= 11 is 0. The zero-order valence-electron chi connectivity index (χ0n) is 39.8. The second-order valence-electron chi connectivity index (χ2n) is 18.2. The Labute approximate surface area is 409 Å². The molecule has 5 nitrogen and oxygen atoms in total. The molecule has 0 saturated heterocycles. The van der Waals surface area contributed by atoms with E-state index in [9.17, 15) is 0 Å². The number of imidazole rings is 2. The van der Waals surface area contributed by atoms with Crippen LogP contribution in [0, 0.1) is 0 Å². The molecule has 8 heteroatoms. The van der Waals surface area contributed by atoms with E-state index in [2.05, 4.69) is 89.7 Å². The number of halogens is 2. The predicted octanol–water partition coefficient (Wildman–Crippen LogP) is 11.6. The molecule has 0 aliphatic carbocycles. The molecule has 0 aliphatic rings. The third kappa shape index (κ3) is 20.8. The maximum Gasteiger partial charge on any atom is 2.00 e. The van der Waals surface area contributed by atoms with Gasteiger partial charge in [0.25, 0.3) is 0 Å². The third-order valence-electron chi connectivity index (χ3n) is 13.0. The van der Waals surface area contributed by atoms with Crippen LogP contribution < -0.4 is 24.8 Å². The van der Waals surface area contributed by atoms with Gasteiger partial charge in [0, 0.05) is 13.1 Å². The number of rotatable bonds is 36. The fourth-order valence-corrected chi connectivity index (χ4v) is 9.31. The monoisotopic (exact) mass is 937 g/mol. The molecule has 0 aliphatic heterocycles. The van der Waals surface area contributed by atoms with Crippen molar-refractivity contribution in [3.8, 4) is 23.0 Å². The summed E-state index contributed by atoms with van der Waals surface area (Å²) in [6.45, 7) is 6.55. The van der Waals surface area contributed by atoms with Crippen molar-refractivity contribution in [3.05, 3.63) is 66.7 Å². The van der Waals surface area contributed by atoms with E-state index in [-0.39, 0.29) is 43.4 Å². The van der Waals surface area contributed by atoms with E-state index in [0.29, 0.717) is 0 Å². The van der Waals surface area contributed by atoms with Gasteiger partial charge in [-0.2, -0.15) is 0 Å². The van der Waals surface area contributed by atoms with Crippen molar-refractivity contribution >= 4 is 22.1 Å². The molecule has 63 heavy (non-hydrogen) atoms. The molecule has 2 aromatic carbocycles. The van der Waals surface area contributed by atoms with Crippen molar-refractivity contribution in [2.45, 2.75) is 232 Å². The molecule has 0 N–H and O–H groups in total. The van der Waals surface area contributed by atoms with E-state index in [0.717, 1.165) is 47.2 Å². The average molecular weight is 938 g/mol. The molecule has 0 unspecified atom stereocenters. The van der Waals surface area contributed by atoms with Gasteiger partial charge in [-0.05, 0) is 49.2 Å². The first-order chi connectivity index (χ1) is 29.8. The van der Waals surface area contributed by atoms with Gasteiger partial charge < -0.3 is 33.9 Å². The van der Waals surface area contributed by atoms with Crippen LogP contribution >= 0.6 is 0 Å². The van der Waals surface area contributed by atoms with Crippen LogP contribution in [0.25, 0.3) is 45.1 Å². The van der Waals surface area contributed by atoms with Crippen LogP contribution in [0.5, 0.6) is 0 Å². The smallest absolute Gasteiger partial charge is 1.00 e. The van der Waals surface area contributed by atoms with Gasteiger partial charge in [0.15, 0.2) is 11.6 Å². The Balaban J connectivity index is 0.00000455. The summed E-state index contributed by atoms with van der Waals surface area (Å²) in [5.74, 6) is 1.94. The predicted molar refractivity (Wildman–Crippen MR) is 261 cm³/mol. The Morgan fingerprint density at radius 2 is 0.587 bits per heavy atom. The number of nitrogens with zero attached hydrogens (tertiary/aromatic N) is 5. The third-order valence-corrected chi connectivity index (χ3v) is 13.0. The van der Waals surface area contributed by atoms with Crippen molar-refractivity contribution < 1.29 is 43.4 Å². The fraction of sp³-hybridized carbons (Fsp3) is 0.655. The Bertz CT molecular complexity index is 1720. The quantitative estimate of drug-likeness (QED) is 0.0376. The first-order valence-electron chi connectivity index (χ1n) is 25.7. The van der Waals surface area contributed by atoms with Crippen LogP contribution in [-0.4, -0.2) is 24.1 Å². The fourth-order valence-electron chi connectivity index (χ4n) is 9.31. The molecule has 0 fully saturated rings. The molecule has 1 radical (unpaired) electrons. The zero-order chi connectivity index (χ0) is 41.7. The minimum atomic E-state index is 0. The van der Waals surface area contributed by atoms with E-state index in [4.69, 9.17) is 15.0 Å². The zero-order valence-corrected chi connectivity index (χ0v) is 42.7. The minimum absolute atomic E-state index is 0. The van der Waals surface area contributed by atoms with Crippen molar-refractivity contribution in [1.82, 2.24) is 24.1 Å². The van der Waals surface area contributed by atoms with E-state index >= 15 is 0 Å². The van der Waals surface area contributed by atoms with Crippen LogP contribution in [0.4, 0.5) is 0 Å². The van der Waals surface area contributed by atoms with Gasteiger partial charge in [-0.1, -0.05) is 237 Å². The second-order valence-corrected chi connectivity index (χ2v) is 18.2. The molecule has 5 aromatic rings. The normalized spacial score (nSPS) is 11.2. The number of hydrogen-bond donors (Lipinski definition) is 0. The van der Waals surface area contributed by atoms with Gasteiger partial charge in [-0.25, -0.2) is 15.0 Å². The molecular weight excluding hydrogens is 852 g/mol. The Morgan fingerprint density at radius 3 is 0.889 bits per heavy atom. The van der Waals surface area contributed by atoms with E-state index in [1.165, 1.54) is 216 Å². The number of hydrogen-bond acceptors (Lipinski definition) is 3. The molecule has 0 saturated carbocycles. The van der Waals surface area contributed by atoms with Crippen LogP contribution in [0.1, 0.15) is 219 Å². The van der Waals surface area contributed by atoms with Gasteiger partial charge in [-0.3, -0.25) is 0 Å². The Morgan fingerprint density at radius 1 is 0.317 bits per heavy atom. The number of aryl methyl sites for hydroxylation is 2. The number of unbranched alkanes of at least 4 members (excludes halogenated alkanes) is 30. The molecule has 0 amide bonds. The van der Waals surface area contributed by atoms with Gasteiger partial charge in [0.2, 0.25) is 0 Å². The average Bonchev–Trinajstić information content (AvgIpc) is 3.84. The number of fused-ring (bicyclic) bond motifs is 2. The van der Waals surface area contributed by atoms with Gasteiger partial charge in [0.1, 0.15) is 11.4 Å². The van der Waals surface area contributed by atoms with Crippen LogP contribution in [-0.2, 0) is 31.6 Å². The van der Waals surface area contributed by atoms with Crippen molar-refractivity contribution in [1.29, 1.82) is 0 Å². The standard InChI is InChI=1S/C55H85N5.2ClH.V/c1-3-5-7-9-11-13-15-17-19-21-23-25-27-29-31-37-46-59-52-44-35-33-40-48(52)57-54(59)50-42-39-43-51(56-50)55-58-49-41-34-36-45-53(49)60(55)47-38-32-30-28-26-24-22-20-18-16-14-12-10-8-6-4-2;;;/h33-36,39-45H,3-32,37-38,46-47H2,1-2H3;2*1H;/q;;;+2/p-2. The van der Waals surface area contributed by atoms with Gasteiger partial charge >= 0.3 is 18.6 Å². The SMILES string of the molecule is CCCCCCCCCCCCCCCCCCn1c(-c2cccc(-c3nc4ccccc4n3CCCCCCCCCCCCCCCCCC)n2)nc2ccccc21.[Cl-].[Cl-].[V+2]. The largest absolute Gasteiger partial charge is 2.00 e. The number of para-hydroxylation sites is 4. The molecule has 0 spiro atoms. The van der Waals surface area contributed by atoms with Gasteiger partial charge in [-0.15, -0.1) is 0 Å². The first-order valence-corrected chi connectivity index (χ1v) is 25.7. The topological polar surface area (TPSA) is 48.5 Å². The molecule has 0 atom stereocenters. The summed E-state index contributed by atoms with van der Waals surface area (Å²) in [5, 5.41) is 0. The maximum absolute atomic E-state index is 5.31. The summed E-state index contributed by atoms with van der Waals surface area (Å²) in [5.41, 5.74) is 6.37. The molecule has 0 bridgehead atoms. The van der Waals surface area contributed by atoms with Crippen LogP contribution in [0.3, 0.4) is 0 Å². The maximum atomic E-state index is 5.31. The molecule has 349 valence electrons. The van der Waals surface area contributed by atoms with Crippen LogP contribution in [0.2, 0.25) is 0 Å². The molecular formula is C55H85Cl2N5V. The number of benzene rings is 2. The summed E-state index contributed by atoms with van der Waals surface area (Å²) < 4.78 is 4.84. The van der Waals surface area contributed by atoms with E-state index in [1.807, 2.05) is 0 Å². The van der Waals surface area contributed by atoms with Crippen molar-refractivity contribution in [2.24, 2.45) is 0 Å².